The summed E-state index contributed by atoms with van der Waals surface area (Å²) in [7, 11) is -7.23. The molecule has 0 saturated heterocycles. The van der Waals surface area contributed by atoms with Crippen molar-refractivity contribution in [1.29, 1.82) is 0 Å². The van der Waals surface area contributed by atoms with Gasteiger partial charge in [-0.3, -0.25) is 0 Å². The van der Waals surface area contributed by atoms with Crippen molar-refractivity contribution in [2.75, 3.05) is 13.4 Å². The van der Waals surface area contributed by atoms with E-state index in [-0.39, 0.29) is 16.4 Å². The summed E-state index contributed by atoms with van der Waals surface area (Å²) in [5, 5.41) is 9.39. The summed E-state index contributed by atoms with van der Waals surface area (Å²) in [6, 6.07) is 11.7. The van der Waals surface area contributed by atoms with Crippen LogP contribution in [0.3, 0.4) is 0 Å². The Hall–Kier alpha value is -1.91. The number of halogens is 3. The van der Waals surface area contributed by atoms with E-state index in [1.54, 1.807) is 24.3 Å². The molecule has 0 aliphatic rings. The van der Waals surface area contributed by atoms with Crippen LogP contribution >= 0.6 is 10.3 Å². The molecule has 10 heteroatoms. The fraction of sp³-hybridized carbons (Fsp3) is 0.250. The third-order valence-electron chi connectivity index (χ3n) is 3.46. The lowest BCUT2D eigenvalue weighted by molar-refractivity contribution is -0.0496. The molecule has 0 heterocycles. The van der Waals surface area contributed by atoms with E-state index in [1.165, 1.54) is 37.6 Å². The second-order valence-electron chi connectivity index (χ2n) is 5.46. The molecule has 0 aromatic heterocycles. The molecular formula is C16H17F3O5S2. The molecule has 144 valence electrons. The Balaban J connectivity index is 2.45. The highest BCUT2D eigenvalue weighted by atomic mass is 32.3. The van der Waals surface area contributed by atoms with Crippen molar-refractivity contribution in [3.05, 3.63) is 54.1 Å². The van der Waals surface area contributed by atoms with Crippen molar-refractivity contribution >= 4 is 20.4 Å². The predicted octanol–water partition coefficient (Wildman–Crippen LogP) is 4.18. The third kappa shape index (κ3) is 4.63. The van der Waals surface area contributed by atoms with Crippen LogP contribution in [0.15, 0.2) is 53.4 Å². The molecule has 2 aromatic rings. The van der Waals surface area contributed by atoms with Gasteiger partial charge in [0.15, 0.2) is 0 Å². The van der Waals surface area contributed by atoms with E-state index in [2.05, 4.69) is 0 Å². The van der Waals surface area contributed by atoms with E-state index in [4.69, 9.17) is 8.37 Å². The highest BCUT2D eigenvalue weighted by Crippen LogP contribution is 2.59. The van der Waals surface area contributed by atoms with Crippen LogP contribution in [0.4, 0.5) is 13.2 Å². The zero-order valence-electron chi connectivity index (χ0n) is 13.9. The first kappa shape index (κ1) is 20.4. The zero-order valence-corrected chi connectivity index (χ0v) is 15.5. The van der Waals surface area contributed by atoms with Gasteiger partial charge in [-0.2, -0.15) is 21.6 Å². The lowest BCUT2D eigenvalue weighted by Gasteiger charge is -2.35. The summed E-state index contributed by atoms with van der Waals surface area (Å²) in [6.45, 7) is 0. The van der Waals surface area contributed by atoms with Crippen LogP contribution in [0.1, 0.15) is 5.56 Å². The Morgan fingerprint density at radius 2 is 1.54 bits per heavy atom. The van der Waals surface area contributed by atoms with Gasteiger partial charge in [0.1, 0.15) is 11.5 Å². The van der Waals surface area contributed by atoms with Crippen molar-refractivity contribution in [3.8, 4) is 11.5 Å². The van der Waals surface area contributed by atoms with Gasteiger partial charge in [-0.1, -0.05) is 22.4 Å². The third-order valence-corrected chi connectivity index (χ3v) is 8.10. The largest absolute Gasteiger partial charge is 0.523 e. The first-order chi connectivity index (χ1) is 12.0. The second-order valence-corrected chi connectivity index (χ2v) is 10.1. The molecule has 0 spiro atoms. The molecule has 5 nitrogen and oxygen atoms in total. The number of aromatic hydroxyl groups is 1. The van der Waals surface area contributed by atoms with Crippen LogP contribution in [-0.2, 0) is 19.5 Å². The van der Waals surface area contributed by atoms with Crippen LogP contribution in [0, 0.1) is 0 Å². The Kier molecular flexibility index (Phi) is 5.79. The van der Waals surface area contributed by atoms with Crippen LogP contribution in [0.5, 0.6) is 11.5 Å². The maximum Gasteiger partial charge on any atom is 0.523 e. The van der Waals surface area contributed by atoms with Gasteiger partial charge in [0.2, 0.25) is 0 Å². The minimum atomic E-state index is -5.80. The van der Waals surface area contributed by atoms with E-state index in [0.29, 0.717) is 11.3 Å². The highest BCUT2D eigenvalue weighted by Gasteiger charge is 2.50. The first-order valence-corrected chi connectivity index (χ1v) is 10.7. The number of hydrogen-bond acceptors (Lipinski definition) is 5. The minimum absolute atomic E-state index is 0.0723. The Morgan fingerprint density at radius 1 is 1.00 bits per heavy atom. The van der Waals surface area contributed by atoms with Crippen LogP contribution in [0.2, 0.25) is 0 Å². The number of ether oxygens (including phenoxy) is 1. The van der Waals surface area contributed by atoms with Gasteiger partial charge < -0.3 is 9.84 Å². The summed E-state index contributed by atoms with van der Waals surface area (Å²) >= 11 is 0. The number of alkyl halides is 3. The Morgan fingerprint density at radius 3 is 2.00 bits per heavy atom. The van der Waals surface area contributed by atoms with Crippen molar-refractivity contribution < 1.29 is 35.1 Å². The average Bonchev–Trinajstić information content (AvgIpc) is 2.54. The van der Waals surface area contributed by atoms with Crippen LogP contribution in [-0.4, -0.2) is 32.4 Å². The maximum absolute atomic E-state index is 12.8. The van der Waals surface area contributed by atoms with Crippen molar-refractivity contribution in [2.24, 2.45) is 0 Å². The van der Waals surface area contributed by atoms with Crippen molar-refractivity contribution in [1.82, 2.24) is 0 Å². The van der Waals surface area contributed by atoms with Crippen LogP contribution < -0.4 is 4.74 Å². The van der Waals surface area contributed by atoms with Gasteiger partial charge in [0, 0.05) is 10.6 Å². The van der Waals surface area contributed by atoms with E-state index in [9.17, 15) is 26.7 Å². The fourth-order valence-corrected chi connectivity index (χ4v) is 6.26. The number of phenols is 1. The monoisotopic (exact) mass is 410 g/mol. The van der Waals surface area contributed by atoms with Gasteiger partial charge in [-0.05, 0) is 48.2 Å². The molecule has 0 saturated carbocycles. The van der Waals surface area contributed by atoms with E-state index >= 15 is 0 Å². The topological polar surface area (TPSA) is 72.8 Å². The number of rotatable bonds is 6. The number of hydrogen-bond donors (Lipinski definition) is 1. The van der Waals surface area contributed by atoms with E-state index < -0.39 is 25.9 Å². The Labute approximate surface area is 151 Å². The van der Waals surface area contributed by atoms with Gasteiger partial charge in [-0.15, -0.1) is 0 Å². The molecule has 1 N–H and O–H groups in total. The van der Waals surface area contributed by atoms with Gasteiger partial charge >= 0.3 is 15.6 Å². The second kappa shape index (κ2) is 7.37. The summed E-state index contributed by atoms with van der Waals surface area (Å²) in [6.07, 6.45) is 1.33. The Bertz CT molecular complexity index is 849. The van der Waals surface area contributed by atoms with Gasteiger partial charge in [0.05, 0.1) is 7.11 Å². The van der Waals surface area contributed by atoms with Gasteiger partial charge in [0.25, 0.3) is 0 Å². The lowest BCUT2D eigenvalue weighted by atomic mass is 10.2. The van der Waals surface area contributed by atoms with Crippen molar-refractivity contribution in [2.45, 2.75) is 16.2 Å². The minimum Gasteiger partial charge on any atom is -0.508 e. The molecule has 1 unspecified atom stereocenters. The quantitative estimate of drug-likeness (QED) is 0.724. The van der Waals surface area contributed by atoms with E-state index in [1.807, 2.05) is 0 Å². The smallest absolute Gasteiger partial charge is 0.508 e. The molecular weight excluding hydrogens is 393 g/mol. The summed E-state index contributed by atoms with van der Waals surface area (Å²) < 4.78 is 71.4. The average molecular weight is 410 g/mol. The normalized spacial score (nSPS) is 15.9. The van der Waals surface area contributed by atoms with E-state index in [0.717, 1.165) is 0 Å². The molecule has 0 radical (unpaired) electrons. The molecule has 2 aromatic carbocycles. The summed E-state index contributed by atoms with van der Waals surface area (Å²) in [5.74, 6) is 0.384. The fourth-order valence-electron chi connectivity index (χ4n) is 2.16. The molecule has 0 aliphatic carbocycles. The molecule has 0 fully saturated rings. The maximum atomic E-state index is 12.8. The SMILES string of the molecule is COc1ccc(CS(C)(OS(=O)(=O)C(F)(F)F)c2ccc(O)cc2)cc1. The zero-order chi connectivity index (χ0) is 19.6. The number of phenolic OH excluding ortho intramolecular Hbond substituents is 1. The summed E-state index contributed by atoms with van der Waals surface area (Å²) in [5.41, 5.74) is -4.95. The standard InChI is InChI=1S/C16H17F3O5S2/c1-23-14-7-3-12(4-8-14)11-25(2,15-9-5-13(20)6-10-15)24-26(21,22)16(17,18)19/h3-10,20H,11H2,1-2H3. The predicted molar refractivity (Wildman–Crippen MR) is 92.6 cm³/mol. The number of methoxy groups -OCH3 is 1. The molecule has 0 amide bonds. The lowest BCUT2D eigenvalue weighted by Crippen LogP contribution is -2.27. The van der Waals surface area contributed by atoms with Crippen LogP contribution in [0.25, 0.3) is 0 Å². The molecule has 26 heavy (non-hydrogen) atoms. The highest BCUT2D eigenvalue weighted by molar-refractivity contribution is 8.32. The van der Waals surface area contributed by atoms with Crippen molar-refractivity contribution in [3.63, 3.8) is 0 Å². The molecule has 1 atom stereocenters. The van der Waals surface area contributed by atoms with Gasteiger partial charge in [-0.25, -0.2) is 3.63 Å². The summed E-state index contributed by atoms with van der Waals surface area (Å²) in [4.78, 5) is 0.249. The molecule has 0 bridgehead atoms. The molecule has 2 rings (SSSR count). The molecule has 0 aliphatic heterocycles. The first-order valence-electron chi connectivity index (χ1n) is 7.17. The number of benzene rings is 2.